The van der Waals surface area contributed by atoms with Crippen molar-refractivity contribution in [3.05, 3.63) is 113 Å². The third kappa shape index (κ3) is 9.00. The highest BCUT2D eigenvalue weighted by atomic mass is 16.4. The molecule has 68 heavy (non-hydrogen) atoms. The number of nitrogens with zero attached hydrogens (tertiary/aromatic N) is 5. The zero-order chi connectivity index (χ0) is 49.2. The Bertz CT molecular complexity index is 2390. The van der Waals surface area contributed by atoms with E-state index in [0.717, 1.165) is 46.6 Å². The molecule has 0 unspecified atom stereocenters. The van der Waals surface area contributed by atoms with Gasteiger partial charge in [-0.15, -0.1) is 0 Å². The Labute approximate surface area is 396 Å². The second kappa shape index (κ2) is 19.6. The number of carbonyl (C=O) groups excluding carboxylic acids is 4. The van der Waals surface area contributed by atoms with Crippen LogP contribution in [0.4, 0.5) is 21.1 Å². The van der Waals surface area contributed by atoms with Crippen molar-refractivity contribution < 1.29 is 39.0 Å². The monoisotopic (exact) mass is 929 g/mol. The number of aromatic nitrogens is 1. The van der Waals surface area contributed by atoms with E-state index in [0.29, 0.717) is 36.8 Å². The first kappa shape index (κ1) is 48.8. The highest BCUT2D eigenvalue weighted by Crippen LogP contribution is 2.49. The minimum atomic E-state index is -1.47. The molecule has 0 bridgehead atoms. The average molecular weight is 930 g/mol. The van der Waals surface area contributed by atoms with Crippen LogP contribution in [-0.4, -0.2) is 100 Å². The van der Waals surface area contributed by atoms with Crippen LogP contribution in [-0.2, 0) is 30.3 Å². The molecule has 3 aliphatic rings. The number of carbonyl (C=O) groups is 6. The van der Waals surface area contributed by atoms with Gasteiger partial charge < -0.3 is 51.9 Å². The Morgan fingerprint density at radius 3 is 1.38 bits per heavy atom. The number of primary amides is 2. The molecule has 3 fully saturated rings. The van der Waals surface area contributed by atoms with Gasteiger partial charge in [0, 0.05) is 44.6 Å². The van der Waals surface area contributed by atoms with Gasteiger partial charge in [-0.3, -0.25) is 19.2 Å². The molecule has 8 N–H and O–H groups in total. The Kier molecular flexibility index (Phi) is 14.0. The Morgan fingerprint density at radius 1 is 0.632 bits per heavy atom. The van der Waals surface area contributed by atoms with E-state index in [-0.39, 0.29) is 37.0 Å². The fraction of sp³-hybridized carbons (Fsp3) is 0.431. The second-order valence-corrected chi connectivity index (χ2v) is 19.1. The van der Waals surface area contributed by atoms with Crippen LogP contribution in [0.1, 0.15) is 101 Å². The molecule has 0 spiro atoms. The quantitative estimate of drug-likeness (QED) is 0.0797. The summed E-state index contributed by atoms with van der Waals surface area (Å²) < 4.78 is 0. The summed E-state index contributed by atoms with van der Waals surface area (Å²) in [4.78, 5) is 90.3. The van der Waals surface area contributed by atoms with E-state index >= 15 is 0 Å². The Hall–Kier alpha value is -7.17. The van der Waals surface area contributed by atoms with Gasteiger partial charge >= 0.3 is 12.2 Å². The summed E-state index contributed by atoms with van der Waals surface area (Å²) in [6.45, 7) is 7.46. The fourth-order valence-corrected chi connectivity index (χ4v) is 10.7. The second-order valence-electron chi connectivity index (χ2n) is 19.1. The van der Waals surface area contributed by atoms with E-state index in [1.54, 1.807) is 27.7 Å². The van der Waals surface area contributed by atoms with Crippen molar-refractivity contribution in [2.24, 2.45) is 23.3 Å². The van der Waals surface area contributed by atoms with Crippen LogP contribution in [0, 0.1) is 11.8 Å². The van der Waals surface area contributed by atoms with Crippen LogP contribution in [0.3, 0.4) is 0 Å². The largest absolute Gasteiger partial charge is 0.465 e. The molecule has 7 rings (SSSR count). The maximum Gasteiger partial charge on any atom is 0.405 e. The van der Waals surface area contributed by atoms with Gasteiger partial charge in [0.25, 0.3) is 0 Å². The van der Waals surface area contributed by atoms with E-state index in [1.165, 1.54) is 9.80 Å². The number of nitrogens with two attached hydrogens (primary N) is 2. The van der Waals surface area contributed by atoms with Crippen LogP contribution in [0.15, 0.2) is 91.1 Å². The molecule has 0 saturated carbocycles. The van der Waals surface area contributed by atoms with Crippen molar-refractivity contribution in [1.82, 2.24) is 25.4 Å². The number of nitrogens with one attached hydrogen (secondary N) is 2. The summed E-state index contributed by atoms with van der Waals surface area (Å²) in [5.74, 6) is -2.30. The van der Waals surface area contributed by atoms with E-state index < -0.39 is 59.0 Å². The summed E-state index contributed by atoms with van der Waals surface area (Å²) >= 11 is 0. The molecule has 3 aromatic carbocycles. The van der Waals surface area contributed by atoms with Crippen molar-refractivity contribution in [3.8, 4) is 11.1 Å². The number of rotatable bonds is 15. The number of hydrogen-bond acceptors (Lipinski definition) is 9. The normalized spacial score (nSPS) is 22.3. The number of carboxylic acid groups (broad SMARTS) is 2. The molecule has 6 atom stereocenters. The smallest absolute Gasteiger partial charge is 0.405 e. The van der Waals surface area contributed by atoms with E-state index in [4.69, 9.17) is 11.5 Å². The zero-order valence-corrected chi connectivity index (χ0v) is 39.5. The molecule has 3 aliphatic heterocycles. The highest BCUT2D eigenvalue weighted by molar-refractivity contribution is 5.96. The zero-order valence-electron chi connectivity index (χ0n) is 39.5. The lowest BCUT2D eigenvalue weighted by Gasteiger charge is -2.39. The summed E-state index contributed by atoms with van der Waals surface area (Å²) in [6.07, 6.45) is 2.26. The molecule has 4 aromatic rings. The van der Waals surface area contributed by atoms with Gasteiger partial charge in [0.2, 0.25) is 23.6 Å². The predicted octanol–water partition coefficient (Wildman–Crippen LogP) is 6.09. The number of likely N-dealkylation sites (tertiary alicyclic amines) is 2. The first-order valence-corrected chi connectivity index (χ1v) is 23.3. The van der Waals surface area contributed by atoms with E-state index in [2.05, 4.69) is 44.8 Å². The lowest BCUT2D eigenvalue weighted by molar-refractivity contribution is -0.146. The minimum Gasteiger partial charge on any atom is -0.465 e. The first-order valence-electron chi connectivity index (χ1n) is 23.3. The number of amides is 6. The summed E-state index contributed by atoms with van der Waals surface area (Å²) in [5.41, 5.74) is 15.3. The Morgan fingerprint density at radius 2 is 1.04 bits per heavy atom. The molecule has 6 amide bonds. The van der Waals surface area contributed by atoms with Gasteiger partial charge in [-0.1, -0.05) is 88.4 Å². The third-order valence-corrected chi connectivity index (χ3v) is 14.2. The van der Waals surface area contributed by atoms with Crippen molar-refractivity contribution >= 4 is 47.3 Å². The molecule has 17 nitrogen and oxygen atoms in total. The fourth-order valence-electron chi connectivity index (χ4n) is 10.7. The standard InChI is InChI=1S/C51H63N9O8/c1-30(2)42(55-48(65)66)44(61)58-27-7-25-50(58,46(52)63)36-16-9-33(10-17-36)39-22-23-40(60(39)38-20-13-32(14-21-38)35-15-24-41(54-29-35)57(5)6)34-11-18-37(19-12-34)51(47(53)64)26-8-28-59(51)45(62)43(31(3)4)56-49(67)68/h9-21,24,29-31,39-40,42-43,55-56H,7-8,22-23,25-28H2,1-6H3,(H2,52,63)(H2,53,64)(H,65,66)(H,67,68)/t39-,40-,42+,43+,50+,51+/m1/s1. The number of pyridine rings is 1. The van der Waals surface area contributed by atoms with Gasteiger partial charge in [0.1, 0.15) is 29.0 Å². The molecular weight excluding hydrogens is 867 g/mol. The molecule has 3 saturated heterocycles. The molecular formula is C51H63N9O8. The van der Waals surface area contributed by atoms with E-state index in [9.17, 15) is 39.0 Å². The summed E-state index contributed by atoms with van der Waals surface area (Å²) in [5, 5.41) is 23.8. The summed E-state index contributed by atoms with van der Waals surface area (Å²) in [7, 11) is 3.88. The highest BCUT2D eigenvalue weighted by Gasteiger charge is 2.53. The lowest BCUT2D eigenvalue weighted by atomic mass is 9.84. The van der Waals surface area contributed by atoms with Crippen molar-refractivity contribution in [2.45, 2.75) is 101 Å². The maximum atomic E-state index is 14.0. The molecule has 17 heteroatoms. The van der Waals surface area contributed by atoms with Gasteiger partial charge in [-0.05, 0) is 102 Å². The molecule has 360 valence electrons. The third-order valence-electron chi connectivity index (χ3n) is 14.2. The molecule has 0 radical (unpaired) electrons. The number of hydrogen-bond donors (Lipinski definition) is 6. The number of anilines is 2. The average Bonchev–Trinajstić information content (AvgIpc) is 4.08. The number of benzene rings is 3. The van der Waals surface area contributed by atoms with Crippen LogP contribution in [0.5, 0.6) is 0 Å². The van der Waals surface area contributed by atoms with E-state index in [1.807, 2.05) is 85.9 Å². The van der Waals surface area contributed by atoms with Crippen molar-refractivity contribution in [1.29, 1.82) is 0 Å². The van der Waals surface area contributed by atoms with Crippen LogP contribution in [0.25, 0.3) is 11.1 Å². The first-order chi connectivity index (χ1) is 32.3. The summed E-state index contributed by atoms with van der Waals surface area (Å²) in [6, 6.07) is 25.2. The van der Waals surface area contributed by atoms with Crippen molar-refractivity contribution in [2.75, 3.05) is 37.0 Å². The van der Waals surface area contributed by atoms with Crippen LogP contribution in [0.2, 0.25) is 0 Å². The lowest BCUT2D eigenvalue weighted by Crippen LogP contribution is -2.59. The minimum absolute atomic E-state index is 0.147. The van der Waals surface area contributed by atoms with Gasteiger partial charge in [-0.25, -0.2) is 14.6 Å². The molecule has 0 aliphatic carbocycles. The van der Waals surface area contributed by atoms with Gasteiger partial charge in [-0.2, -0.15) is 0 Å². The Balaban J connectivity index is 1.24. The molecule has 1 aromatic heterocycles. The predicted molar refractivity (Wildman–Crippen MR) is 257 cm³/mol. The van der Waals surface area contributed by atoms with Crippen LogP contribution < -0.4 is 31.9 Å². The maximum absolute atomic E-state index is 14.0. The van der Waals surface area contributed by atoms with Gasteiger partial charge in [0.05, 0.1) is 12.1 Å². The molecule has 4 heterocycles. The topological polar surface area (TPSA) is 245 Å². The SMILES string of the molecule is CC(C)[C@H](NC(=O)O)C(=O)N1CCC[C@@]1(C(N)=O)c1ccc([C@H]2CC[C@H](c3ccc([C@]4(C(N)=O)CCCN4C(=O)[C@@H](NC(=O)O)C(C)C)cc3)N2c2ccc(-c3ccc(N(C)C)nc3)cc2)cc1. The van der Waals surface area contributed by atoms with Crippen molar-refractivity contribution in [3.63, 3.8) is 0 Å². The van der Waals surface area contributed by atoms with Crippen LogP contribution >= 0.6 is 0 Å². The van der Waals surface area contributed by atoms with Gasteiger partial charge in [0.15, 0.2) is 0 Å².